The van der Waals surface area contributed by atoms with Crippen molar-refractivity contribution in [3.05, 3.63) is 71.4 Å². The zero-order valence-electron chi connectivity index (χ0n) is 21.0. The van der Waals surface area contributed by atoms with Gasteiger partial charge >= 0.3 is 6.03 Å². The van der Waals surface area contributed by atoms with Gasteiger partial charge in [0.2, 0.25) is 5.91 Å². The molecular formula is C27H32N4O5. The Bertz CT molecular complexity index is 1180. The van der Waals surface area contributed by atoms with Crippen LogP contribution in [-0.4, -0.2) is 66.5 Å². The van der Waals surface area contributed by atoms with E-state index in [1.165, 1.54) is 4.90 Å². The quantitative estimate of drug-likeness (QED) is 0.524. The molecule has 0 saturated heterocycles. The lowest BCUT2D eigenvalue weighted by Gasteiger charge is -2.34. The second-order valence-corrected chi connectivity index (χ2v) is 9.17. The van der Waals surface area contributed by atoms with E-state index in [0.717, 1.165) is 5.56 Å². The molecule has 36 heavy (non-hydrogen) atoms. The molecule has 2 heterocycles. The molecule has 4 rings (SSSR count). The van der Waals surface area contributed by atoms with Crippen LogP contribution in [0.1, 0.15) is 32.4 Å². The first-order chi connectivity index (χ1) is 17.3. The first-order valence-electron chi connectivity index (χ1n) is 12.0. The Hall–Kier alpha value is -3.85. The van der Waals surface area contributed by atoms with Crippen molar-refractivity contribution in [2.24, 2.45) is 0 Å². The number of ether oxygens (including phenoxy) is 2. The van der Waals surface area contributed by atoms with E-state index in [2.05, 4.69) is 10.6 Å². The molecular weight excluding hydrogens is 460 g/mol. The van der Waals surface area contributed by atoms with Gasteiger partial charge in [-0.15, -0.1) is 0 Å². The van der Waals surface area contributed by atoms with E-state index in [1.54, 1.807) is 25.9 Å². The van der Waals surface area contributed by atoms with Gasteiger partial charge in [-0.3, -0.25) is 14.5 Å². The fraction of sp³-hybridized carbons (Fsp3) is 0.370. The summed E-state index contributed by atoms with van der Waals surface area (Å²) in [5.74, 6) is 0.705. The van der Waals surface area contributed by atoms with Crippen LogP contribution >= 0.6 is 0 Å². The number of nitrogens with one attached hydrogen (secondary N) is 2. The normalized spacial score (nSPS) is 17.7. The van der Waals surface area contributed by atoms with Crippen molar-refractivity contribution in [3.8, 4) is 11.5 Å². The first kappa shape index (κ1) is 25.2. The van der Waals surface area contributed by atoms with Crippen LogP contribution in [0, 0.1) is 0 Å². The topological polar surface area (TPSA) is 100 Å². The number of urea groups is 1. The van der Waals surface area contributed by atoms with Gasteiger partial charge in [0.15, 0.2) is 0 Å². The van der Waals surface area contributed by atoms with E-state index in [4.69, 9.17) is 9.47 Å². The fourth-order valence-electron chi connectivity index (χ4n) is 4.52. The minimum Gasteiger partial charge on any atom is -0.457 e. The number of amides is 4. The van der Waals surface area contributed by atoms with Crippen LogP contribution in [-0.2, 0) is 14.3 Å². The van der Waals surface area contributed by atoms with Crippen LogP contribution in [0.5, 0.6) is 11.5 Å². The lowest BCUT2D eigenvalue weighted by Crippen LogP contribution is -2.56. The van der Waals surface area contributed by atoms with Gasteiger partial charge in [-0.1, -0.05) is 30.3 Å². The maximum atomic E-state index is 13.8. The van der Waals surface area contributed by atoms with Crippen LogP contribution in [0.25, 0.3) is 0 Å². The molecule has 1 atom stereocenters. The molecule has 0 fully saturated rings. The van der Waals surface area contributed by atoms with Gasteiger partial charge in [-0.2, -0.15) is 0 Å². The molecule has 2 aromatic carbocycles. The molecule has 9 nitrogen and oxygen atoms in total. The summed E-state index contributed by atoms with van der Waals surface area (Å²) in [6, 6.07) is 15.8. The summed E-state index contributed by atoms with van der Waals surface area (Å²) >= 11 is 0. The van der Waals surface area contributed by atoms with Gasteiger partial charge in [0.05, 0.1) is 30.5 Å². The van der Waals surface area contributed by atoms with Gasteiger partial charge in [0.1, 0.15) is 17.0 Å². The van der Waals surface area contributed by atoms with Gasteiger partial charge in [-0.25, -0.2) is 4.79 Å². The third-order valence-corrected chi connectivity index (χ3v) is 6.53. The van der Waals surface area contributed by atoms with Crippen molar-refractivity contribution in [3.63, 3.8) is 0 Å². The molecule has 2 N–H and O–H groups in total. The SMILES string of the molecule is CCN1C(=O)NC(c2cccc(Oc3ccccc3)c2)C2=C1CN(C(C)(C)C(=O)NCCOC)C2=O. The van der Waals surface area contributed by atoms with E-state index in [-0.39, 0.29) is 24.4 Å². The van der Waals surface area contributed by atoms with E-state index < -0.39 is 11.6 Å². The molecule has 2 aliphatic rings. The Labute approximate surface area is 211 Å². The number of methoxy groups -OCH3 is 1. The Morgan fingerprint density at radius 1 is 1.11 bits per heavy atom. The average Bonchev–Trinajstić information content (AvgIpc) is 3.22. The molecule has 0 spiro atoms. The van der Waals surface area contributed by atoms with Crippen molar-refractivity contribution in [1.29, 1.82) is 0 Å². The number of rotatable bonds is 9. The summed E-state index contributed by atoms with van der Waals surface area (Å²) in [6.07, 6.45) is 0. The van der Waals surface area contributed by atoms with E-state index in [1.807, 2.05) is 61.5 Å². The molecule has 2 aromatic rings. The first-order valence-corrected chi connectivity index (χ1v) is 12.0. The van der Waals surface area contributed by atoms with E-state index in [0.29, 0.717) is 42.5 Å². The van der Waals surface area contributed by atoms with Gasteiger partial charge < -0.3 is 25.0 Å². The molecule has 2 aliphatic heterocycles. The largest absolute Gasteiger partial charge is 0.457 e. The van der Waals surface area contributed by atoms with Gasteiger partial charge in [-0.05, 0) is 50.6 Å². The Morgan fingerprint density at radius 3 is 2.53 bits per heavy atom. The smallest absolute Gasteiger partial charge is 0.322 e. The lowest BCUT2D eigenvalue weighted by molar-refractivity contribution is -0.141. The fourth-order valence-corrected chi connectivity index (χ4v) is 4.52. The number of hydrogen-bond donors (Lipinski definition) is 2. The van der Waals surface area contributed by atoms with Crippen LogP contribution in [0.2, 0.25) is 0 Å². The molecule has 0 aliphatic carbocycles. The Balaban J connectivity index is 1.65. The summed E-state index contributed by atoms with van der Waals surface area (Å²) in [5.41, 5.74) is 0.667. The van der Waals surface area contributed by atoms with Crippen molar-refractivity contribution in [2.75, 3.05) is 33.4 Å². The van der Waals surface area contributed by atoms with Crippen LogP contribution in [0.15, 0.2) is 65.9 Å². The molecule has 4 amide bonds. The highest BCUT2D eigenvalue weighted by atomic mass is 16.5. The Kier molecular flexibility index (Phi) is 7.30. The van der Waals surface area contributed by atoms with Crippen molar-refractivity contribution < 1.29 is 23.9 Å². The van der Waals surface area contributed by atoms with Crippen molar-refractivity contribution >= 4 is 17.8 Å². The molecule has 9 heteroatoms. The highest BCUT2D eigenvalue weighted by Crippen LogP contribution is 2.39. The number of nitrogens with zero attached hydrogens (tertiary/aromatic N) is 2. The van der Waals surface area contributed by atoms with Crippen molar-refractivity contribution in [1.82, 2.24) is 20.4 Å². The van der Waals surface area contributed by atoms with Gasteiger partial charge in [0.25, 0.3) is 5.91 Å². The predicted molar refractivity (Wildman–Crippen MR) is 134 cm³/mol. The summed E-state index contributed by atoms with van der Waals surface area (Å²) < 4.78 is 11.0. The number of carbonyl (C=O) groups excluding carboxylic acids is 3. The second-order valence-electron chi connectivity index (χ2n) is 9.17. The third-order valence-electron chi connectivity index (χ3n) is 6.53. The average molecular weight is 493 g/mol. The van der Waals surface area contributed by atoms with Gasteiger partial charge in [0, 0.05) is 20.2 Å². The Morgan fingerprint density at radius 2 is 1.83 bits per heavy atom. The molecule has 0 aromatic heterocycles. The molecule has 0 bridgehead atoms. The summed E-state index contributed by atoms with van der Waals surface area (Å²) in [4.78, 5) is 42.9. The zero-order valence-corrected chi connectivity index (χ0v) is 21.0. The van der Waals surface area contributed by atoms with Crippen LogP contribution in [0.4, 0.5) is 4.79 Å². The third kappa shape index (κ3) is 4.79. The molecule has 0 radical (unpaired) electrons. The van der Waals surface area contributed by atoms with E-state index >= 15 is 0 Å². The summed E-state index contributed by atoms with van der Waals surface area (Å²) in [5, 5.41) is 5.80. The van der Waals surface area contributed by atoms with Crippen molar-refractivity contribution in [2.45, 2.75) is 32.4 Å². The summed E-state index contributed by atoms with van der Waals surface area (Å²) in [6.45, 7) is 6.55. The summed E-state index contributed by atoms with van der Waals surface area (Å²) in [7, 11) is 1.56. The second kappa shape index (κ2) is 10.4. The molecule has 1 unspecified atom stereocenters. The predicted octanol–water partition coefficient (Wildman–Crippen LogP) is 3.20. The minimum absolute atomic E-state index is 0.164. The molecule has 190 valence electrons. The number of para-hydroxylation sites is 1. The highest BCUT2D eigenvalue weighted by molar-refractivity contribution is 6.04. The molecule has 0 saturated carbocycles. The minimum atomic E-state index is -1.13. The number of hydrogen-bond acceptors (Lipinski definition) is 5. The highest BCUT2D eigenvalue weighted by Gasteiger charge is 2.49. The maximum Gasteiger partial charge on any atom is 0.322 e. The zero-order chi connectivity index (χ0) is 25.9. The number of likely N-dealkylation sites (N-methyl/N-ethyl adjacent to an activating group) is 1. The number of carbonyl (C=O) groups is 3. The number of benzene rings is 2. The van der Waals surface area contributed by atoms with Crippen LogP contribution in [0.3, 0.4) is 0 Å². The lowest BCUT2D eigenvalue weighted by atomic mass is 9.95. The van der Waals surface area contributed by atoms with E-state index in [9.17, 15) is 14.4 Å². The maximum absolute atomic E-state index is 13.8. The standard InChI is InChI=1S/C27H32N4O5/c1-5-30-21-17-31(27(2,3)25(33)28-14-15-35-4)24(32)22(21)23(29-26(30)34)18-10-9-13-20(16-18)36-19-11-7-6-8-12-19/h6-13,16,23H,5,14-15,17H2,1-4H3,(H,28,33)(H,29,34). The monoisotopic (exact) mass is 492 g/mol. The van der Waals surface area contributed by atoms with Crippen LogP contribution < -0.4 is 15.4 Å².